The molecule has 0 aromatic rings. The van der Waals surface area contributed by atoms with Gasteiger partial charge in [-0.25, -0.2) is 0 Å². The fraction of sp³-hybridized carbons (Fsp3) is 0.579. The van der Waals surface area contributed by atoms with Crippen LogP contribution in [0.3, 0.4) is 0 Å². The van der Waals surface area contributed by atoms with E-state index in [4.69, 9.17) is 16.9 Å². The molecule has 36 heavy (non-hydrogen) atoms. The fourth-order valence-corrected chi connectivity index (χ4v) is 2.60. The number of Topliss-reactive ketones (excluding diaryl/α,β-unsaturated/α-hetero) is 2. The number of nitrogens with one attached hydrogen (secondary N) is 4. The summed E-state index contributed by atoms with van der Waals surface area (Å²) in [5.41, 5.74) is 10.3. The Morgan fingerprint density at radius 1 is 0.694 bits per heavy atom. The van der Waals surface area contributed by atoms with E-state index >= 15 is 0 Å². The molecule has 0 aliphatic heterocycles. The number of hydrogen-bond acceptors (Lipinski definition) is 12. The molecule has 0 saturated heterocycles. The summed E-state index contributed by atoms with van der Waals surface area (Å²) >= 11 is 0. The number of nitrogens with two attached hydrogens (primary N) is 2. The average molecular weight is 530 g/mol. The summed E-state index contributed by atoms with van der Waals surface area (Å²) in [5.74, 6) is -7.11. The molecular weight excluding hydrogens is 502 g/mol. The van der Waals surface area contributed by atoms with E-state index in [0.29, 0.717) is 6.21 Å². The maximum atomic E-state index is 12.6. The van der Waals surface area contributed by atoms with Crippen molar-refractivity contribution in [1.29, 1.82) is 5.41 Å². The van der Waals surface area contributed by atoms with Crippen molar-refractivity contribution in [2.45, 2.75) is 56.7 Å². The Morgan fingerprint density at radius 3 is 1.64 bits per heavy atom. The zero-order chi connectivity index (χ0) is 26.3. The molecule has 0 spiro atoms. The second kappa shape index (κ2) is 21.4. The molecule has 0 radical (unpaired) electrons. The first-order valence-corrected chi connectivity index (χ1v) is 10.2. The Balaban J connectivity index is -0.00000544. The third-order valence-electron chi connectivity index (χ3n) is 4.50. The van der Waals surface area contributed by atoms with Crippen LogP contribution in [-0.4, -0.2) is 78.7 Å². The van der Waals surface area contributed by atoms with E-state index in [1.807, 2.05) is 0 Å². The summed E-state index contributed by atoms with van der Waals surface area (Å²) in [7, 11) is 0. The van der Waals surface area contributed by atoms with Crippen molar-refractivity contribution in [3.63, 3.8) is 0 Å². The van der Waals surface area contributed by atoms with Crippen LogP contribution in [0, 0.1) is 5.41 Å². The first-order valence-electron chi connectivity index (χ1n) is 10.2. The predicted molar refractivity (Wildman–Crippen MR) is 110 cm³/mol. The molecule has 190 valence electrons. The van der Waals surface area contributed by atoms with Crippen LogP contribution in [0.2, 0.25) is 0 Å². The smallest absolute Gasteiger partial charge is 0.548 e. The van der Waals surface area contributed by atoms with E-state index in [1.54, 1.807) is 0 Å². The van der Waals surface area contributed by atoms with Gasteiger partial charge in [0, 0.05) is 19.3 Å². The monoisotopic (exact) mass is 530 g/mol. The van der Waals surface area contributed by atoms with E-state index in [0.717, 1.165) is 0 Å². The number of rotatable bonds is 18. The molecule has 3 amide bonds. The first kappa shape index (κ1) is 38.8. The molecule has 0 bridgehead atoms. The van der Waals surface area contributed by atoms with Gasteiger partial charge in [0.15, 0.2) is 5.78 Å². The molecule has 17 heteroatoms. The van der Waals surface area contributed by atoms with Gasteiger partial charge in [0.25, 0.3) is 0 Å². The quantitative estimate of drug-likeness (QED) is 0.0714. The minimum Gasteiger partial charge on any atom is -0.548 e. The number of carbonyl (C=O) groups excluding carboxylic acids is 7. The Hall–Kier alpha value is -1.72. The van der Waals surface area contributed by atoms with E-state index < -0.39 is 78.7 Å². The summed E-state index contributed by atoms with van der Waals surface area (Å²) in [6, 6.07) is -4.54. The SMILES string of the molecule is N=CC(=O)CCC(NC(=O)C(CCC(=O)CN)NC(=O)CCC(NC(=O)CN)C(=O)[O-])C(=O)[O-].[Na+].[Na+]. The molecule has 0 aromatic heterocycles. The number of aliphatic carboxylic acids is 2. The van der Waals surface area contributed by atoms with Crippen LogP contribution >= 0.6 is 0 Å². The molecule has 3 unspecified atom stereocenters. The van der Waals surface area contributed by atoms with E-state index in [2.05, 4.69) is 16.0 Å². The number of hydrogen-bond donors (Lipinski definition) is 6. The molecule has 15 nitrogen and oxygen atoms in total. The van der Waals surface area contributed by atoms with Crippen LogP contribution in [0.1, 0.15) is 38.5 Å². The van der Waals surface area contributed by atoms with Crippen molar-refractivity contribution in [2.75, 3.05) is 13.1 Å². The van der Waals surface area contributed by atoms with Crippen molar-refractivity contribution in [2.24, 2.45) is 11.5 Å². The number of ketones is 2. The Kier molecular flexibility index (Phi) is 23.0. The summed E-state index contributed by atoms with van der Waals surface area (Å²) in [6.45, 7) is -0.817. The van der Waals surface area contributed by atoms with Gasteiger partial charge in [-0.05, 0) is 19.3 Å². The van der Waals surface area contributed by atoms with Crippen LogP contribution < -0.4 is 96.7 Å². The molecular formula is C19H28N6Na2O9. The number of carbonyl (C=O) groups is 7. The van der Waals surface area contributed by atoms with Gasteiger partial charge >= 0.3 is 59.1 Å². The number of amides is 3. The van der Waals surface area contributed by atoms with Crippen molar-refractivity contribution in [1.82, 2.24) is 16.0 Å². The topological polar surface area (TPSA) is 278 Å². The van der Waals surface area contributed by atoms with E-state index in [-0.39, 0.29) is 91.3 Å². The van der Waals surface area contributed by atoms with Crippen molar-refractivity contribution < 1.29 is 103 Å². The van der Waals surface area contributed by atoms with Crippen LogP contribution in [0.4, 0.5) is 0 Å². The molecule has 3 atom stereocenters. The summed E-state index contributed by atoms with van der Waals surface area (Å²) in [6.07, 6.45) is -1.60. The number of carboxylic acids is 2. The maximum Gasteiger partial charge on any atom is 1.00 e. The van der Waals surface area contributed by atoms with Gasteiger partial charge in [-0.15, -0.1) is 0 Å². The zero-order valence-corrected chi connectivity index (χ0v) is 24.3. The minimum absolute atomic E-state index is 0. The van der Waals surface area contributed by atoms with Crippen molar-refractivity contribution >= 4 is 47.4 Å². The second-order valence-electron chi connectivity index (χ2n) is 7.11. The van der Waals surface area contributed by atoms with Gasteiger partial charge < -0.3 is 52.6 Å². The van der Waals surface area contributed by atoms with Crippen molar-refractivity contribution in [3.8, 4) is 0 Å². The largest absolute Gasteiger partial charge is 1.00 e. The Morgan fingerprint density at radius 2 is 1.17 bits per heavy atom. The Labute approximate surface area is 251 Å². The molecule has 0 aliphatic rings. The van der Waals surface area contributed by atoms with Gasteiger partial charge in [-0.2, -0.15) is 0 Å². The van der Waals surface area contributed by atoms with Gasteiger partial charge in [0.05, 0.1) is 43.3 Å². The van der Waals surface area contributed by atoms with E-state index in [9.17, 15) is 43.8 Å². The summed E-state index contributed by atoms with van der Waals surface area (Å²) < 4.78 is 0. The molecule has 0 heterocycles. The van der Waals surface area contributed by atoms with Gasteiger partial charge in [-0.3, -0.25) is 24.0 Å². The summed E-state index contributed by atoms with van der Waals surface area (Å²) in [4.78, 5) is 81.3. The van der Waals surface area contributed by atoms with Gasteiger partial charge in [0.2, 0.25) is 17.7 Å². The fourth-order valence-electron chi connectivity index (χ4n) is 2.60. The third-order valence-corrected chi connectivity index (χ3v) is 4.50. The predicted octanol–water partition coefficient (Wildman–Crippen LogP) is -12.0. The van der Waals surface area contributed by atoms with Crippen LogP contribution in [0.15, 0.2) is 0 Å². The molecule has 0 fully saturated rings. The first-order chi connectivity index (χ1) is 15.9. The minimum atomic E-state index is -1.71. The van der Waals surface area contributed by atoms with Crippen LogP contribution in [0.5, 0.6) is 0 Å². The average Bonchev–Trinajstić information content (AvgIpc) is 2.80. The number of carboxylic acid groups (broad SMARTS) is 2. The van der Waals surface area contributed by atoms with Crippen molar-refractivity contribution in [3.05, 3.63) is 0 Å². The normalized spacial score (nSPS) is 12.3. The molecule has 0 aromatic carbocycles. The summed E-state index contributed by atoms with van der Waals surface area (Å²) in [5, 5.41) is 35.6. The second-order valence-corrected chi connectivity index (χ2v) is 7.11. The maximum absolute atomic E-state index is 12.6. The van der Waals surface area contributed by atoms with Crippen LogP contribution in [0.25, 0.3) is 0 Å². The third kappa shape index (κ3) is 16.9. The molecule has 0 rings (SSSR count). The Bertz CT molecular complexity index is 812. The molecule has 0 saturated carbocycles. The zero-order valence-electron chi connectivity index (χ0n) is 20.3. The molecule has 0 aliphatic carbocycles. The standard InChI is InChI=1S/C19H30N6O9.2Na/c20-7-10(26)1-3-12(17(30)25-14(19(33)34)4-2-11(27)8-21)23-15(28)6-5-13(18(31)32)24-16(29)9-22;;/h8,12-14,21H,1-7,9,20,22H2,(H,23,28)(H,24,29)(H,25,30)(H,31,32)(H,33,34);;/q;2*+1/p-2. The van der Waals surface area contributed by atoms with Gasteiger partial charge in [-0.1, -0.05) is 0 Å². The molecule has 8 N–H and O–H groups in total. The van der Waals surface area contributed by atoms with Crippen LogP contribution in [-0.2, 0) is 33.6 Å². The van der Waals surface area contributed by atoms with E-state index in [1.165, 1.54) is 0 Å². The van der Waals surface area contributed by atoms with Gasteiger partial charge in [0.1, 0.15) is 11.8 Å².